The lowest BCUT2D eigenvalue weighted by Gasteiger charge is -2.42. The Morgan fingerprint density at radius 1 is 1.06 bits per heavy atom. The van der Waals surface area contributed by atoms with Crippen LogP contribution >= 0.6 is 77.4 Å². The molecule has 0 saturated heterocycles. The fraction of sp³-hybridized carbons (Fsp3) is 1.00. The Hall–Kier alpha value is 1.85. The van der Waals surface area contributed by atoms with Crippen molar-refractivity contribution in [2.75, 3.05) is 0 Å². The SMILES string of the molecule is CCC(OP(=O)(O)O)(C(Cl)(Cl)Cl)C(Cl)(Cl)Cl. The minimum Gasteiger partial charge on any atom is -0.303 e. The second-order valence-corrected chi connectivity index (χ2v) is 8.48. The highest BCUT2D eigenvalue weighted by Gasteiger charge is 2.63. The Bertz CT molecular complexity index is 276. The molecule has 0 bridgehead atoms. The molecule has 2 N–H and O–H groups in total. The zero-order valence-electron chi connectivity index (χ0n) is 7.63. The first-order chi connectivity index (χ1) is 6.77. The van der Waals surface area contributed by atoms with Gasteiger partial charge in [0, 0.05) is 0 Å². The Morgan fingerprint density at radius 3 is 1.44 bits per heavy atom. The Morgan fingerprint density at radius 2 is 1.38 bits per heavy atom. The Kier molecular flexibility index (Phi) is 6.09. The molecule has 0 aromatic heterocycles. The van der Waals surface area contributed by atoms with Crippen molar-refractivity contribution >= 4 is 77.4 Å². The highest BCUT2D eigenvalue weighted by atomic mass is 35.6. The molecule has 0 fully saturated rings. The monoisotopic (exact) mass is 372 g/mol. The van der Waals surface area contributed by atoms with Crippen LogP contribution in [0.5, 0.6) is 0 Å². The summed E-state index contributed by atoms with van der Waals surface area (Å²) >= 11 is 33.3. The van der Waals surface area contributed by atoms with Gasteiger partial charge in [-0.2, -0.15) is 0 Å². The van der Waals surface area contributed by atoms with Gasteiger partial charge >= 0.3 is 7.82 Å². The molecule has 0 spiro atoms. The van der Waals surface area contributed by atoms with Crippen LogP contribution in [0.4, 0.5) is 0 Å². The summed E-state index contributed by atoms with van der Waals surface area (Å²) in [5.41, 5.74) is -2.27. The lowest BCUT2D eigenvalue weighted by molar-refractivity contribution is 0.0360. The number of phosphoric ester groups is 1. The third-order valence-corrected chi connectivity index (χ3v) is 4.07. The van der Waals surface area contributed by atoms with Gasteiger partial charge in [0.05, 0.1) is 0 Å². The second-order valence-electron chi connectivity index (χ2n) is 2.76. The van der Waals surface area contributed by atoms with Crippen molar-refractivity contribution in [3.63, 3.8) is 0 Å². The van der Waals surface area contributed by atoms with Crippen LogP contribution in [0.1, 0.15) is 13.3 Å². The summed E-state index contributed by atoms with van der Waals surface area (Å²) in [5, 5.41) is 0. The van der Waals surface area contributed by atoms with Crippen LogP contribution in [0, 0.1) is 0 Å². The van der Waals surface area contributed by atoms with Crippen molar-refractivity contribution < 1.29 is 18.9 Å². The highest BCUT2D eigenvalue weighted by molar-refractivity contribution is 7.46. The zero-order valence-corrected chi connectivity index (χ0v) is 13.1. The van der Waals surface area contributed by atoms with Crippen LogP contribution in [-0.4, -0.2) is 23.0 Å². The maximum absolute atomic E-state index is 10.8. The predicted molar refractivity (Wildman–Crippen MR) is 66.7 cm³/mol. The highest BCUT2D eigenvalue weighted by Crippen LogP contribution is 2.60. The van der Waals surface area contributed by atoms with Crippen molar-refractivity contribution in [3.05, 3.63) is 0 Å². The molecule has 16 heavy (non-hydrogen) atoms. The normalized spacial score (nSPS) is 15.3. The molecule has 11 heteroatoms. The number of rotatable bonds is 3. The summed E-state index contributed by atoms with van der Waals surface area (Å²) in [7, 11) is -5.00. The minimum absolute atomic E-state index is 0.245. The molecule has 0 amide bonds. The smallest absolute Gasteiger partial charge is 0.303 e. The van der Waals surface area contributed by atoms with Gasteiger partial charge in [0.25, 0.3) is 0 Å². The van der Waals surface area contributed by atoms with E-state index in [1.165, 1.54) is 6.92 Å². The van der Waals surface area contributed by atoms with Crippen molar-refractivity contribution in [3.8, 4) is 0 Å². The van der Waals surface area contributed by atoms with E-state index in [2.05, 4.69) is 4.52 Å². The molecular formula is C5H7Cl6O4P. The van der Waals surface area contributed by atoms with E-state index in [1.807, 2.05) is 0 Å². The van der Waals surface area contributed by atoms with Gasteiger partial charge in [-0.05, 0) is 6.42 Å². The Balaban J connectivity index is 5.60. The molecule has 0 aromatic carbocycles. The van der Waals surface area contributed by atoms with Gasteiger partial charge in [0.15, 0.2) is 5.60 Å². The lowest BCUT2D eigenvalue weighted by Crippen LogP contribution is -2.54. The van der Waals surface area contributed by atoms with Crippen molar-refractivity contribution in [2.45, 2.75) is 26.5 Å². The van der Waals surface area contributed by atoms with E-state index in [1.54, 1.807) is 0 Å². The molecule has 0 aliphatic heterocycles. The number of hydrogen-bond acceptors (Lipinski definition) is 2. The summed E-state index contributed by atoms with van der Waals surface area (Å²) in [6, 6.07) is 0. The summed E-state index contributed by atoms with van der Waals surface area (Å²) in [6.45, 7) is 1.39. The van der Waals surface area contributed by atoms with Gasteiger partial charge in [-0.1, -0.05) is 76.5 Å². The van der Waals surface area contributed by atoms with Gasteiger partial charge in [-0.15, -0.1) is 0 Å². The van der Waals surface area contributed by atoms with Crippen molar-refractivity contribution in [1.29, 1.82) is 0 Å². The van der Waals surface area contributed by atoms with E-state index in [-0.39, 0.29) is 6.42 Å². The first kappa shape index (κ1) is 17.8. The molecule has 0 aliphatic carbocycles. The van der Waals surface area contributed by atoms with E-state index in [0.29, 0.717) is 0 Å². The largest absolute Gasteiger partial charge is 0.470 e. The number of hydrogen-bond donors (Lipinski definition) is 2. The molecule has 0 heterocycles. The topological polar surface area (TPSA) is 66.8 Å². The number of halogens is 6. The van der Waals surface area contributed by atoms with E-state index in [4.69, 9.17) is 79.4 Å². The fourth-order valence-corrected chi connectivity index (χ4v) is 4.38. The number of phosphoric acid groups is 1. The molecule has 0 aliphatic rings. The average molecular weight is 375 g/mol. The first-order valence-electron chi connectivity index (χ1n) is 3.66. The molecule has 0 saturated carbocycles. The van der Waals surface area contributed by atoms with Crippen molar-refractivity contribution in [2.24, 2.45) is 0 Å². The standard InChI is InChI=1S/C5H7Cl6O4P/c1-2-3(4(6,7)8,5(9,10)11)15-16(12,13)14/h2H2,1H3,(H2,12,13,14). The van der Waals surface area contributed by atoms with Gasteiger partial charge in [0.1, 0.15) is 0 Å². The second kappa shape index (κ2) is 5.46. The van der Waals surface area contributed by atoms with Crippen molar-refractivity contribution in [1.82, 2.24) is 0 Å². The van der Waals surface area contributed by atoms with E-state index in [9.17, 15) is 4.57 Å². The Labute approximate surface area is 122 Å². The van der Waals surface area contributed by atoms with Crippen LogP contribution in [-0.2, 0) is 9.09 Å². The van der Waals surface area contributed by atoms with Gasteiger partial charge in [-0.3, -0.25) is 4.52 Å². The zero-order chi connectivity index (χ0) is 13.4. The molecular weight excluding hydrogens is 368 g/mol. The molecule has 4 nitrogen and oxygen atoms in total. The van der Waals surface area contributed by atoms with E-state index >= 15 is 0 Å². The quantitative estimate of drug-likeness (QED) is 0.579. The molecule has 0 unspecified atom stereocenters. The summed E-state index contributed by atoms with van der Waals surface area (Å²) in [6.07, 6.45) is -0.245. The van der Waals surface area contributed by atoms with E-state index in [0.717, 1.165) is 0 Å². The summed E-state index contributed by atoms with van der Waals surface area (Å²) in [4.78, 5) is 17.5. The van der Waals surface area contributed by atoms with Gasteiger partial charge in [0.2, 0.25) is 7.59 Å². The first-order valence-corrected chi connectivity index (χ1v) is 7.46. The molecule has 0 atom stereocenters. The van der Waals surface area contributed by atoms with Crippen LogP contribution in [0.2, 0.25) is 0 Å². The molecule has 98 valence electrons. The minimum atomic E-state index is -5.00. The van der Waals surface area contributed by atoms with Gasteiger partial charge < -0.3 is 9.79 Å². The number of alkyl halides is 6. The van der Waals surface area contributed by atoms with Crippen LogP contribution in [0.15, 0.2) is 0 Å². The van der Waals surface area contributed by atoms with E-state index < -0.39 is 21.0 Å². The average Bonchev–Trinajstić information content (AvgIpc) is 1.93. The summed E-state index contributed by atoms with van der Waals surface area (Å²) < 4.78 is 10.5. The van der Waals surface area contributed by atoms with Gasteiger partial charge in [-0.25, -0.2) is 4.57 Å². The maximum atomic E-state index is 10.8. The lowest BCUT2D eigenvalue weighted by atomic mass is 10.1. The van der Waals surface area contributed by atoms with Crippen LogP contribution in [0.3, 0.4) is 0 Å². The molecule has 0 rings (SSSR count). The maximum Gasteiger partial charge on any atom is 0.470 e. The molecule has 0 radical (unpaired) electrons. The van der Waals surface area contributed by atoms with Crippen LogP contribution in [0.25, 0.3) is 0 Å². The molecule has 0 aromatic rings. The van der Waals surface area contributed by atoms with Crippen LogP contribution < -0.4 is 0 Å². The fourth-order valence-electron chi connectivity index (χ4n) is 0.933. The summed E-state index contributed by atoms with van der Waals surface area (Å²) in [5.74, 6) is 0. The third-order valence-electron chi connectivity index (χ3n) is 1.69. The third kappa shape index (κ3) is 4.20. The predicted octanol–water partition coefficient (Wildman–Crippen LogP) is 3.98.